The van der Waals surface area contributed by atoms with Gasteiger partial charge < -0.3 is 4.90 Å². The lowest BCUT2D eigenvalue weighted by Gasteiger charge is -2.41. The number of fused-ring (bicyclic) bond motifs is 2. The van der Waals surface area contributed by atoms with Gasteiger partial charge >= 0.3 is 0 Å². The van der Waals surface area contributed by atoms with E-state index in [9.17, 15) is 9.18 Å². The predicted octanol–water partition coefficient (Wildman–Crippen LogP) is 4.74. The highest BCUT2D eigenvalue weighted by Gasteiger charge is 2.33. The normalized spacial score (nSPS) is 19.8. The fourth-order valence-corrected chi connectivity index (χ4v) is 5.91. The molecule has 0 aliphatic carbocycles. The second-order valence-corrected chi connectivity index (χ2v) is 10.5. The van der Waals surface area contributed by atoms with Crippen LogP contribution in [0, 0.1) is 19.7 Å². The number of rotatable bonds is 4. The van der Waals surface area contributed by atoms with Crippen LogP contribution in [0.1, 0.15) is 57.5 Å². The van der Waals surface area contributed by atoms with Crippen molar-refractivity contribution in [1.29, 1.82) is 0 Å². The topological polar surface area (TPSA) is 48.8 Å². The first-order valence-corrected chi connectivity index (χ1v) is 12.8. The van der Waals surface area contributed by atoms with Crippen molar-refractivity contribution in [3.8, 4) is 0 Å². The highest BCUT2D eigenvalue weighted by atomic mass is 19.1. The number of piperidine rings is 1. The zero-order valence-electron chi connectivity index (χ0n) is 20.9. The van der Waals surface area contributed by atoms with Crippen molar-refractivity contribution in [3.05, 3.63) is 99.1 Å². The van der Waals surface area contributed by atoms with E-state index in [1.54, 1.807) is 6.07 Å². The van der Waals surface area contributed by atoms with Crippen LogP contribution < -0.4 is 0 Å². The minimum atomic E-state index is -0.143. The molecule has 5 nitrogen and oxygen atoms in total. The maximum absolute atomic E-state index is 14.5. The number of amides is 1. The third kappa shape index (κ3) is 4.35. The molecule has 36 heavy (non-hydrogen) atoms. The second-order valence-electron chi connectivity index (χ2n) is 10.5. The summed E-state index contributed by atoms with van der Waals surface area (Å²) in [5, 5.41) is 0. The SMILES string of the molecule is Cc1ccc(CN2CCC[C@@H](N3Cc4cc5c(cc4CC3=O)CN=C5c3ccnc(C)c3)C2)c(F)c1. The lowest BCUT2D eigenvalue weighted by Crippen LogP contribution is -2.51. The number of carbonyl (C=O) groups excluding carboxylic acids is 1. The molecule has 0 saturated carbocycles. The number of benzene rings is 2. The van der Waals surface area contributed by atoms with E-state index in [1.165, 1.54) is 16.7 Å². The van der Waals surface area contributed by atoms with E-state index in [-0.39, 0.29) is 17.8 Å². The number of aryl methyl sites for hydroxylation is 2. The lowest BCUT2D eigenvalue weighted by atomic mass is 9.90. The summed E-state index contributed by atoms with van der Waals surface area (Å²) in [6.07, 6.45) is 4.27. The summed E-state index contributed by atoms with van der Waals surface area (Å²) in [5.74, 6) is 0.0514. The Hall–Kier alpha value is -3.38. The van der Waals surface area contributed by atoms with E-state index in [0.29, 0.717) is 26.1 Å². The van der Waals surface area contributed by atoms with Crippen LogP contribution in [-0.4, -0.2) is 45.5 Å². The molecule has 4 heterocycles. The monoisotopic (exact) mass is 482 g/mol. The summed E-state index contributed by atoms with van der Waals surface area (Å²) in [6, 6.07) is 14.2. The minimum Gasteiger partial charge on any atom is -0.334 e. The molecule has 6 heteroatoms. The number of nitrogens with zero attached hydrogens (tertiary/aromatic N) is 4. The Bertz CT molecular complexity index is 1380. The summed E-state index contributed by atoms with van der Waals surface area (Å²) in [4.78, 5) is 26.8. The highest BCUT2D eigenvalue weighted by Crippen LogP contribution is 2.32. The van der Waals surface area contributed by atoms with E-state index < -0.39 is 0 Å². The Kier molecular flexibility index (Phi) is 5.92. The van der Waals surface area contributed by atoms with Crippen molar-refractivity contribution in [3.63, 3.8) is 0 Å². The van der Waals surface area contributed by atoms with Gasteiger partial charge in [-0.15, -0.1) is 0 Å². The molecule has 1 aromatic heterocycles. The molecule has 3 aliphatic heterocycles. The van der Waals surface area contributed by atoms with E-state index in [4.69, 9.17) is 4.99 Å². The number of hydrogen-bond acceptors (Lipinski definition) is 4. The molecule has 0 bridgehead atoms. The molecular formula is C30H31FN4O. The number of halogens is 1. The first kappa shape index (κ1) is 23.0. The Morgan fingerprint density at radius 3 is 2.78 bits per heavy atom. The van der Waals surface area contributed by atoms with Crippen LogP contribution in [0.3, 0.4) is 0 Å². The van der Waals surface area contributed by atoms with Crippen molar-refractivity contribution in [1.82, 2.24) is 14.8 Å². The van der Waals surface area contributed by atoms with Gasteiger partial charge in [-0.05, 0) is 79.8 Å². The fraction of sp³-hybridized carbons (Fsp3) is 0.367. The first-order chi connectivity index (χ1) is 17.4. The van der Waals surface area contributed by atoms with Gasteiger partial charge in [-0.3, -0.25) is 19.7 Å². The largest absolute Gasteiger partial charge is 0.334 e. The molecule has 1 amide bonds. The van der Waals surface area contributed by atoms with Gasteiger partial charge in [-0.1, -0.05) is 18.2 Å². The quantitative estimate of drug-likeness (QED) is 0.540. The Morgan fingerprint density at radius 1 is 1.06 bits per heavy atom. The Labute approximate surface area is 211 Å². The van der Waals surface area contributed by atoms with Gasteiger partial charge in [0.15, 0.2) is 0 Å². The molecule has 2 aromatic carbocycles. The number of aromatic nitrogens is 1. The molecule has 1 saturated heterocycles. The molecule has 0 spiro atoms. The smallest absolute Gasteiger partial charge is 0.227 e. The van der Waals surface area contributed by atoms with Gasteiger partial charge in [0.05, 0.1) is 18.7 Å². The number of likely N-dealkylation sites (tertiary alicyclic amines) is 1. The van der Waals surface area contributed by atoms with Crippen LogP contribution in [0.5, 0.6) is 0 Å². The van der Waals surface area contributed by atoms with Crippen molar-refractivity contribution in [2.75, 3.05) is 13.1 Å². The fourth-order valence-electron chi connectivity index (χ4n) is 5.91. The van der Waals surface area contributed by atoms with Crippen LogP contribution in [0.2, 0.25) is 0 Å². The predicted molar refractivity (Wildman–Crippen MR) is 138 cm³/mol. The van der Waals surface area contributed by atoms with E-state index in [1.807, 2.05) is 38.2 Å². The Morgan fingerprint density at radius 2 is 1.94 bits per heavy atom. The molecule has 1 fully saturated rings. The molecular weight excluding hydrogens is 451 g/mol. The lowest BCUT2D eigenvalue weighted by molar-refractivity contribution is -0.135. The van der Waals surface area contributed by atoms with Crippen LogP contribution in [-0.2, 0) is 30.8 Å². The van der Waals surface area contributed by atoms with Crippen LogP contribution in [0.15, 0.2) is 53.7 Å². The van der Waals surface area contributed by atoms with Crippen LogP contribution in [0.25, 0.3) is 0 Å². The minimum absolute atomic E-state index is 0.143. The number of pyridine rings is 1. The van der Waals surface area contributed by atoms with Gasteiger partial charge in [0.25, 0.3) is 0 Å². The molecule has 0 N–H and O–H groups in total. The van der Waals surface area contributed by atoms with Gasteiger partial charge in [0, 0.05) is 54.3 Å². The van der Waals surface area contributed by atoms with Crippen molar-refractivity contribution < 1.29 is 9.18 Å². The third-order valence-corrected chi connectivity index (χ3v) is 7.78. The molecule has 3 aromatic rings. The van der Waals surface area contributed by atoms with Gasteiger partial charge in [-0.2, -0.15) is 0 Å². The molecule has 0 unspecified atom stereocenters. The standard InChI is InChI=1S/C30H31FN4O/c1-19-5-6-22(28(31)10-19)16-34-9-3-4-26(18-34)35-17-25-13-27-24(12-23(25)14-29(35)36)15-33-30(27)21-7-8-32-20(2)11-21/h5-8,10-13,26H,3-4,9,14-18H2,1-2H3/t26-/m1/s1. The van der Waals surface area contributed by atoms with Crippen molar-refractivity contribution in [2.45, 2.75) is 58.8 Å². The average Bonchev–Trinajstić information content (AvgIpc) is 3.27. The van der Waals surface area contributed by atoms with Gasteiger partial charge in [0.1, 0.15) is 5.82 Å². The zero-order valence-corrected chi connectivity index (χ0v) is 20.9. The zero-order chi connectivity index (χ0) is 24.8. The van der Waals surface area contributed by atoms with E-state index in [2.05, 4.69) is 33.0 Å². The summed E-state index contributed by atoms with van der Waals surface area (Å²) < 4.78 is 14.5. The summed E-state index contributed by atoms with van der Waals surface area (Å²) in [5.41, 5.74) is 9.47. The molecule has 6 rings (SSSR count). The maximum atomic E-state index is 14.5. The second kappa shape index (κ2) is 9.25. The van der Waals surface area contributed by atoms with Crippen molar-refractivity contribution in [2.24, 2.45) is 4.99 Å². The summed E-state index contributed by atoms with van der Waals surface area (Å²) in [7, 11) is 0. The first-order valence-electron chi connectivity index (χ1n) is 12.8. The third-order valence-electron chi connectivity index (χ3n) is 7.78. The Balaban J connectivity index is 1.21. The van der Waals surface area contributed by atoms with Gasteiger partial charge in [0.2, 0.25) is 5.91 Å². The van der Waals surface area contributed by atoms with Crippen LogP contribution in [0.4, 0.5) is 4.39 Å². The van der Waals surface area contributed by atoms with E-state index in [0.717, 1.165) is 59.6 Å². The molecule has 0 radical (unpaired) electrons. The van der Waals surface area contributed by atoms with Gasteiger partial charge in [-0.25, -0.2) is 4.39 Å². The number of aliphatic imine (C=N–C) groups is 1. The molecule has 3 aliphatic rings. The van der Waals surface area contributed by atoms with Crippen LogP contribution >= 0.6 is 0 Å². The summed E-state index contributed by atoms with van der Waals surface area (Å²) >= 11 is 0. The van der Waals surface area contributed by atoms with E-state index >= 15 is 0 Å². The highest BCUT2D eigenvalue weighted by molar-refractivity contribution is 6.15. The summed E-state index contributed by atoms with van der Waals surface area (Å²) in [6.45, 7) is 7.48. The van der Waals surface area contributed by atoms with Crippen molar-refractivity contribution >= 4 is 11.6 Å². The molecule has 1 atom stereocenters. The number of carbonyl (C=O) groups is 1. The average molecular weight is 483 g/mol. The number of hydrogen-bond donors (Lipinski definition) is 0. The molecule has 184 valence electrons. The maximum Gasteiger partial charge on any atom is 0.227 e.